The molecule has 0 bridgehead atoms. The van der Waals surface area contributed by atoms with Gasteiger partial charge in [0.1, 0.15) is 11.9 Å². The quantitative estimate of drug-likeness (QED) is 0.912. The Labute approximate surface area is 119 Å². The van der Waals surface area contributed by atoms with Crippen LogP contribution in [-0.4, -0.2) is 41.7 Å². The minimum absolute atomic E-state index is 0.216. The molecule has 0 spiro atoms. The number of carboxylic acid groups (broad SMARTS) is 1. The fraction of sp³-hybridized carbons (Fsp3) is 0.562. The molecule has 20 heavy (non-hydrogen) atoms. The third kappa shape index (κ3) is 2.52. The Balaban J connectivity index is 1.49. The molecule has 0 aliphatic carbocycles. The first-order valence-corrected chi connectivity index (χ1v) is 7.24. The van der Waals surface area contributed by atoms with Gasteiger partial charge in [0, 0.05) is 26.1 Å². The smallest absolute Gasteiger partial charge is 0.306 e. The number of likely N-dealkylation sites (tertiary alicyclic amines) is 1. The molecular weight excluding hydrogens is 254 g/mol. The molecule has 4 heteroatoms. The van der Waals surface area contributed by atoms with Crippen LogP contribution < -0.4 is 4.74 Å². The Bertz CT molecular complexity index is 522. The molecule has 2 aliphatic rings. The van der Waals surface area contributed by atoms with Crippen LogP contribution >= 0.6 is 0 Å². The Kier molecular flexibility index (Phi) is 3.42. The van der Waals surface area contributed by atoms with Gasteiger partial charge in [0.15, 0.2) is 0 Å². The predicted molar refractivity (Wildman–Crippen MR) is 76.0 cm³/mol. The van der Waals surface area contributed by atoms with Crippen LogP contribution in [0.15, 0.2) is 18.2 Å². The normalized spacial score (nSPS) is 23.8. The summed E-state index contributed by atoms with van der Waals surface area (Å²) in [5.74, 6) is 0.375. The van der Waals surface area contributed by atoms with E-state index in [0.717, 1.165) is 31.8 Å². The van der Waals surface area contributed by atoms with Crippen molar-refractivity contribution in [2.45, 2.75) is 26.4 Å². The highest BCUT2D eigenvalue weighted by Crippen LogP contribution is 2.31. The third-order valence-electron chi connectivity index (χ3n) is 4.50. The van der Waals surface area contributed by atoms with E-state index in [9.17, 15) is 4.79 Å². The van der Waals surface area contributed by atoms with Gasteiger partial charge in [-0.3, -0.25) is 9.69 Å². The minimum atomic E-state index is -0.686. The Hall–Kier alpha value is -1.55. The summed E-state index contributed by atoms with van der Waals surface area (Å²) in [4.78, 5) is 13.2. The summed E-state index contributed by atoms with van der Waals surface area (Å²) < 4.78 is 5.95. The van der Waals surface area contributed by atoms with E-state index < -0.39 is 5.97 Å². The molecule has 0 radical (unpaired) electrons. The molecule has 2 heterocycles. The van der Waals surface area contributed by atoms with Crippen molar-refractivity contribution in [1.29, 1.82) is 0 Å². The minimum Gasteiger partial charge on any atom is -0.488 e. The van der Waals surface area contributed by atoms with Crippen molar-refractivity contribution in [3.8, 4) is 5.75 Å². The molecule has 1 saturated heterocycles. The largest absolute Gasteiger partial charge is 0.488 e. The number of hydrogen-bond donors (Lipinski definition) is 1. The predicted octanol–water partition coefficient (Wildman–Crippen LogP) is 1.95. The van der Waals surface area contributed by atoms with E-state index in [1.54, 1.807) is 6.92 Å². The van der Waals surface area contributed by atoms with Crippen LogP contribution in [-0.2, 0) is 11.2 Å². The van der Waals surface area contributed by atoms with Crippen molar-refractivity contribution < 1.29 is 14.6 Å². The van der Waals surface area contributed by atoms with Crippen LogP contribution in [0.5, 0.6) is 5.75 Å². The van der Waals surface area contributed by atoms with Gasteiger partial charge in [-0.15, -0.1) is 0 Å². The molecule has 1 aromatic carbocycles. The molecule has 3 rings (SSSR count). The van der Waals surface area contributed by atoms with E-state index in [0.29, 0.717) is 5.92 Å². The lowest BCUT2D eigenvalue weighted by Crippen LogP contribution is -2.53. The van der Waals surface area contributed by atoms with Gasteiger partial charge in [-0.2, -0.15) is 0 Å². The van der Waals surface area contributed by atoms with Crippen molar-refractivity contribution in [3.05, 3.63) is 29.3 Å². The van der Waals surface area contributed by atoms with E-state index >= 15 is 0 Å². The molecule has 1 N–H and O–H groups in total. The van der Waals surface area contributed by atoms with Crippen LogP contribution in [0.2, 0.25) is 0 Å². The zero-order valence-electron chi connectivity index (χ0n) is 12.0. The molecule has 0 saturated carbocycles. The molecule has 0 amide bonds. The van der Waals surface area contributed by atoms with Gasteiger partial charge in [-0.05, 0) is 24.5 Å². The van der Waals surface area contributed by atoms with Crippen LogP contribution in [0.1, 0.15) is 18.1 Å². The first kappa shape index (κ1) is 13.4. The summed E-state index contributed by atoms with van der Waals surface area (Å²) in [6.45, 7) is 6.55. The number of aryl methyl sites for hydroxylation is 1. The molecule has 2 unspecified atom stereocenters. The van der Waals surface area contributed by atoms with E-state index in [1.807, 2.05) is 0 Å². The summed E-state index contributed by atoms with van der Waals surface area (Å²) in [6.07, 6.45) is 1.18. The van der Waals surface area contributed by atoms with Gasteiger partial charge in [0.05, 0.1) is 5.92 Å². The molecule has 1 aromatic rings. The molecule has 2 atom stereocenters. The average Bonchev–Trinajstić information content (AvgIpc) is 2.73. The molecular formula is C16H21NO3. The highest BCUT2D eigenvalue weighted by molar-refractivity contribution is 5.70. The number of rotatable bonds is 4. The number of carbonyl (C=O) groups is 1. The molecule has 2 aliphatic heterocycles. The zero-order chi connectivity index (χ0) is 14.3. The maximum atomic E-state index is 10.9. The van der Waals surface area contributed by atoms with Gasteiger partial charge in [-0.25, -0.2) is 0 Å². The highest BCUT2D eigenvalue weighted by Gasteiger charge is 2.36. The topological polar surface area (TPSA) is 49.8 Å². The SMILES string of the molecule is Cc1ccc2c(c1)CC(CN1CC(C(C)C(=O)O)C1)O2. The van der Waals surface area contributed by atoms with E-state index in [4.69, 9.17) is 9.84 Å². The summed E-state index contributed by atoms with van der Waals surface area (Å²) in [5, 5.41) is 8.99. The summed E-state index contributed by atoms with van der Waals surface area (Å²) in [7, 11) is 0. The number of benzene rings is 1. The van der Waals surface area contributed by atoms with Crippen LogP contribution in [0.3, 0.4) is 0 Å². The van der Waals surface area contributed by atoms with Gasteiger partial charge in [0.25, 0.3) is 0 Å². The maximum absolute atomic E-state index is 10.9. The fourth-order valence-corrected chi connectivity index (χ4v) is 3.12. The van der Waals surface area contributed by atoms with E-state index in [-0.39, 0.29) is 12.0 Å². The van der Waals surface area contributed by atoms with Gasteiger partial charge in [-0.1, -0.05) is 24.6 Å². The van der Waals surface area contributed by atoms with Crippen LogP contribution in [0.4, 0.5) is 0 Å². The summed E-state index contributed by atoms with van der Waals surface area (Å²) in [6, 6.07) is 6.33. The van der Waals surface area contributed by atoms with Gasteiger partial charge >= 0.3 is 5.97 Å². The summed E-state index contributed by atoms with van der Waals surface area (Å²) >= 11 is 0. The Morgan fingerprint density at radius 2 is 2.25 bits per heavy atom. The fourth-order valence-electron chi connectivity index (χ4n) is 3.12. The van der Waals surface area contributed by atoms with Crippen molar-refractivity contribution >= 4 is 5.97 Å². The molecule has 0 aromatic heterocycles. The average molecular weight is 275 g/mol. The Morgan fingerprint density at radius 1 is 1.50 bits per heavy atom. The van der Waals surface area contributed by atoms with Crippen LogP contribution in [0, 0.1) is 18.8 Å². The molecule has 1 fully saturated rings. The number of aliphatic carboxylic acids is 1. The number of carboxylic acids is 1. The van der Waals surface area contributed by atoms with E-state index in [2.05, 4.69) is 30.0 Å². The lowest BCUT2D eigenvalue weighted by molar-refractivity contribution is -0.145. The van der Waals surface area contributed by atoms with Crippen molar-refractivity contribution in [3.63, 3.8) is 0 Å². The second kappa shape index (κ2) is 5.09. The number of fused-ring (bicyclic) bond motifs is 1. The van der Waals surface area contributed by atoms with Gasteiger partial charge < -0.3 is 9.84 Å². The first-order chi connectivity index (χ1) is 9.52. The standard InChI is InChI=1S/C16H21NO3/c1-10-3-4-15-12(5-10)6-14(20-15)9-17-7-13(8-17)11(2)16(18)19/h3-5,11,13-14H,6-9H2,1-2H3,(H,18,19). The Morgan fingerprint density at radius 3 is 2.95 bits per heavy atom. The monoisotopic (exact) mass is 275 g/mol. The van der Waals surface area contributed by atoms with Crippen molar-refractivity contribution in [1.82, 2.24) is 4.90 Å². The lowest BCUT2D eigenvalue weighted by atomic mass is 9.87. The second-order valence-corrected chi connectivity index (χ2v) is 6.16. The molecule has 108 valence electrons. The molecule has 4 nitrogen and oxygen atoms in total. The van der Waals surface area contributed by atoms with Gasteiger partial charge in [0.2, 0.25) is 0 Å². The van der Waals surface area contributed by atoms with E-state index in [1.165, 1.54) is 11.1 Å². The second-order valence-electron chi connectivity index (χ2n) is 6.16. The zero-order valence-corrected chi connectivity index (χ0v) is 12.0. The van der Waals surface area contributed by atoms with Crippen LogP contribution in [0.25, 0.3) is 0 Å². The highest BCUT2D eigenvalue weighted by atomic mass is 16.5. The first-order valence-electron chi connectivity index (χ1n) is 7.24. The third-order valence-corrected chi connectivity index (χ3v) is 4.50. The van der Waals surface area contributed by atoms with Crippen molar-refractivity contribution in [2.75, 3.05) is 19.6 Å². The number of nitrogens with zero attached hydrogens (tertiary/aromatic N) is 1. The van der Waals surface area contributed by atoms with Crippen molar-refractivity contribution in [2.24, 2.45) is 11.8 Å². The summed E-state index contributed by atoms with van der Waals surface area (Å²) in [5.41, 5.74) is 2.57. The number of ether oxygens (including phenoxy) is 1. The number of hydrogen-bond acceptors (Lipinski definition) is 3. The lowest BCUT2D eigenvalue weighted by Gasteiger charge is -2.42. The maximum Gasteiger partial charge on any atom is 0.306 e.